The summed E-state index contributed by atoms with van der Waals surface area (Å²) >= 11 is 0. The van der Waals surface area contributed by atoms with Crippen LogP contribution in [-0.2, 0) is 20.9 Å². The van der Waals surface area contributed by atoms with Crippen LogP contribution in [0.15, 0.2) is 0 Å². The van der Waals surface area contributed by atoms with E-state index in [1.807, 2.05) is 0 Å². The Morgan fingerprint density at radius 1 is 0.900 bits per heavy atom. The molecule has 0 radical (unpaired) electrons. The average molecular weight is 198 g/mol. The van der Waals surface area contributed by atoms with Crippen molar-refractivity contribution < 1.29 is 34.4 Å². The number of rotatable bonds is 0. The van der Waals surface area contributed by atoms with Crippen molar-refractivity contribution in [3.8, 4) is 0 Å². The Kier molecular flexibility index (Phi) is 4.68. The molecular formula is H3FO7S2. The minimum absolute atomic E-state index is 4.67. The van der Waals surface area contributed by atoms with Gasteiger partial charge in [0.05, 0.1) is 0 Å². The van der Waals surface area contributed by atoms with Crippen LogP contribution in [0.3, 0.4) is 0 Å². The van der Waals surface area contributed by atoms with E-state index in [1.165, 1.54) is 0 Å². The van der Waals surface area contributed by atoms with Crippen LogP contribution in [-0.4, -0.2) is 30.5 Å². The van der Waals surface area contributed by atoms with Gasteiger partial charge in [-0.3, -0.25) is 13.7 Å². The van der Waals surface area contributed by atoms with Gasteiger partial charge in [-0.25, -0.2) is 0 Å². The molecule has 0 spiro atoms. The molecule has 0 aromatic rings. The molecule has 0 heterocycles. The first-order valence-corrected chi connectivity index (χ1v) is 4.11. The van der Waals surface area contributed by atoms with Gasteiger partial charge in [0.1, 0.15) is 0 Å². The standard InChI is InChI=1S/FHO3S.H2O4S/c2*1-5(2,3)4/h(H,2,3,4);(H2,1,2,3,4). The maximum atomic E-state index is 10.2. The molecule has 10 heavy (non-hydrogen) atoms. The molecule has 0 rings (SSSR count). The smallest absolute Gasteiger partial charge is 0.264 e. The highest BCUT2D eigenvalue weighted by atomic mass is 32.3. The van der Waals surface area contributed by atoms with Gasteiger partial charge >= 0.3 is 20.9 Å². The summed E-state index contributed by atoms with van der Waals surface area (Å²) in [6.07, 6.45) is 0. The number of hydrogen-bond acceptors (Lipinski definition) is 4. The molecule has 0 aromatic carbocycles. The molecule has 0 saturated heterocycles. The molecular weight excluding hydrogens is 195 g/mol. The highest BCUT2D eigenvalue weighted by molar-refractivity contribution is 7.80. The van der Waals surface area contributed by atoms with E-state index >= 15 is 0 Å². The Bertz CT molecular complexity index is 208. The zero-order valence-corrected chi connectivity index (χ0v) is 5.80. The monoisotopic (exact) mass is 198 g/mol. The Labute approximate surface area is 56.1 Å². The minimum Gasteiger partial charge on any atom is -0.264 e. The summed E-state index contributed by atoms with van der Waals surface area (Å²) in [5, 5.41) is 0. The second-order valence-corrected chi connectivity index (χ2v) is 2.58. The second-order valence-electron chi connectivity index (χ2n) is 0.860. The lowest BCUT2D eigenvalue weighted by Crippen LogP contribution is -1.89. The molecule has 0 fully saturated rings. The summed E-state index contributed by atoms with van der Waals surface area (Å²) < 4.78 is 65.7. The zero-order chi connectivity index (χ0) is 9.00. The lowest BCUT2D eigenvalue weighted by atomic mass is 15.8. The van der Waals surface area contributed by atoms with Crippen LogP contribution in [0.5, 0.6) is 0 Å². The second kappa shape index (κ2) is 3.78. The van der Waals surface area contributed by atoms with Crippen LogP contribution in [0.25, 0.3) is 0 Å². The van der Waals surface area contributed by atoms with Crippen molar-refractivity contribution in [1.29, 1.82) is 0 Å². The summed E-state index contributed by atoms with van der Waals surface area (Å²) in [6.45, 7) is 0. The molecule has 7 nitrogen and oxygen atoms in total. The molecule has 0 unspecified atom stereocenters. The van der Waals surface area contributed by atoms with Gasteiger partial charge in [0, 0.05) is 0 Å². The molecule has 0 amide bonds. The minimum atomic E-state index is -5.17. The Morgan fingerprint density at radius 2 is 0.900 bits per heavy atom. The van der Waals surface area contributed by atoms with Gasteiger partial charge in [0.2, 0.25) is 0 Å². The van der Waals surface area contributed by atoms with E-state index in [2.05, 4.69) is 0 Å². The molecule has 0 saturated carbocycles. The molecule has 0 aromatic heterocycles. The first kappa shape index (κ1) is 12.4. The molecule has 3 N–H and O–H groups in total. The van der Waals surface area contributed by atoms with E-state index in [0.29, 0.717) is 0 Å². The van der Waals surface area contributed by atoms with E-state index in [1.54, 1.807) is 0 Å². The third kappa shape index (κ3) is 4130. The molecule has 0 aliphatic heterocycles. The van der Waals surface area contributed by atoms with Crippen LogP contribution >= 0.6 is 0 Å². The highest BCUT2D eigenvalue weighted by Gasteiger charge is 1.89. The van der Waals surface area contributed by atoms with E-state index < -0.39 is 20.9 Å². The fraction of sp³-hybridized carbons (Fsp3) is 0. The van der Waals surface area contributed by atoms with Crippen molar-refractivity contribution in [3.63, 3.8) is 0 Å². The SMILES string of the molecule is O=S(=O)(O)F.O=S(=O)(O)O. The molecule has 64 valence electrons. The van der Waals surface area contributed by atoms with E-state index in [0.717, 1.165) is 0 Å². The van der Waals surface area contributed by atoms with Gasteiger partial charge in [0.15, 0.2) is 0 Å². The van der Waals surface area contributed by atoms with Crippen molar-refractivity contribution in [2.45, 2.75) is 0 Å². The number of hydrogen-bond donors (Lipinski definition) is 3. The Balaban J connectivity index is 0. The molecule has 0 bridgehead atoms. The van der Waals surface area contributed by atoms with E-state index in [4.69, 9.17) is 30.5 Å². The van der Waals surface area contributed by atoms with Gasteiger partial charge in [0.25, 0.3) is 0 Å². The molecule has 0 aliphatic rings. The largest absolute Gasteiger partial charge is 0.435 e. The average Bonchev–Trinajstić information content (AvgIpc) is 1.12. The van der Waals surface area contributed by atoms with E-state index in [-0.39, 0.29) is 0 Å². The van der Waals surface area contributed by atoms with Crippen LogP contribution in [0.4, 0.5) is 3.89 Å². The normalized spacial score (nSPS) is 11.6. The summed E-state index contributed by atoms with van der Waals surface area (Å²) in [5.41, 5.74) is 0. The van der Waals surface area contributed by atoms with Crippen LogP contribution in [0, 0.1) is 0 Å². The predicted octanol–water partition coefficient (Wildman–Crippen LogP) is -0.894. The predicted molar refractivity (Wildman–Crippen MR) is 26.8 cm³/mol. The Hall–Kier alpha value is -0.290. The Morgan fingerprint density at radius 3 is 0.900 bits per heavy atom. The zero-order valence-electron chi connectivity index (χ0n) is 4.17. The highest BCUT2D eigenvalue weighted by Crippen LogP contribution is 1.74. The summed E-state index contributed by atoms with van der Waals surface area (Å²) in [6, 6.07) is 0. The third-order valence-electron chi connectivity index (χ3n) is 0. The van der Waals surface area contributed by atoms with Crippen LogP contribution in [0.2, 0.25) is 0 Å². The lowest BCUT2D eigenvalue weighted by Gasteiger charge is -1.68. The molecule has 0 atom stereocenters. The first-order chi connectivity index (χ1) is 4.00. The summed E-state index contributed by atoms with van der Waals surface area (Å²) in [5.74, 6) is 0. The lowest BCUT2D eigenvalue weighted by molar-refractivity contribution is 0.380. The number of halogens is 1. The van der Waals surface area contributed by atoms with E-state index in [9.17, 15) is 3.89 Å². The van der Waals surface area contributed by atoms with Crippen molar-refractivity contribution in [3.05, 3.63) is 0 Å². The van der Waals surface area contributed by atoms with Gasteiger partial charge in [-0.05, 0) is 0 Å². The van der Waals surface area contributed by atoms with Gasteiger partial charge < -0.3 is 0 Å². The summed E-state index contributed by atoms with van der Waals surface area (Å²) in [7, 11) is -9.83. The molecule has 10 heteroatoms. The fourth-order valence-electron chi connectivity index (χ4n) is 0. The third-order valence-corrected chi connectivity index (χ3v) is 0. The maximum Gasteiger partial charge on any atom is 0.435 e. The quantitative estimate of drug-likeness (QED) is 0.340. The first-order valence-electron chi connectivity index (χ1n) is 1.37. The topological polar surface area (TPSA) is 129 Å². The summed E-state index contributed by atoms with van der Waals surface area (Å²) in [4.78, 5) is 0. The van der Waals surface area contributed by atoms with Crippen molar-refractivity contribution in [1.82, 2.24) is 0 Å². The van der Waals surface area contributed by atoms with Crippen LogP contribution in [0.1, 0.15) is 0 Å². The van der Waals surface area contributed by atoms with Gasteiger partial charge in [-0.2, -0.15) is 16.8 Å². The van der Waals surface area contributed by atoms with Gasteiger partial charge in [-0.1, -0.05) is 3.89 Å². The van der Waals surface area contributed by atoms with Crippen molar-refractivity contribution in [2.24, 2.45) is 0 Å². The van der Waals surface area contributed by atoms with Crippen LogP contribution < -0.4 is 0 Å². The molecule has 0 aliphatic carbocycles. The maximum absolute atomic E-state index is 10.2. The van der Waals surface area contributed by atoms with Crippen molar-refractivity contribution in [2.75, 3.05) is 0 Å². The van der Waals surface area contributed by atoms with Crippen molar-refractivity contribution >= 4 is 20.9 Å². The fourth-order valence-corrected chi connectivity index (χ4v) is 0. The van der Waals surface area contributed by atoms with Gasteiger partial charge in [-0.15, -0.1) is 0 Å².